The number of halogens is 1. The Kier molecular flexibility index (Phi) is 5.74. The molecule has 150 valence electrons. The van der Waals surface area contributed by atoms with Gasteiger partial charge in [0, 0.05) is 12.2 Å². The largest absolute Gasteiger partial charge is 0.355 e. The highest BCUT2D eigenvalue weighted by Crippen LogP contribution is 2.48. The molecule has 2 N–H and O–H groups in total. The second-order valence-electron chi connectivity index (χ2n) is 7.63. The van der Waals surface area contributed by atoms with E-state index in [1.165, 1.54) is 18.2 Å². The standard InChI is InChI=1S/C21H25FN2O3S/c1-15(2)11-14-23-20(25)21(12-13-21)16-7-9-17(10-8-16)24-28(26,27)19-6-4-3-5-18(19)22/h3-10,15,24H,11-14H2,1-2H3,(H,23,25). The van der Waals surface area contributed by atoms with Crippen LogP contribution in [0.15, 0.2) is 53.4 Å². The molecule has 0 spiro atoms. The summed E-state index contributed by atoms with van der Waals surface area (Å²) in [6.07, 6.45) is 2.49. The molecule has 0 aromatic heterocycles. The van der Waals surface area contributed by atoms with Crippen LogP contribution < -0.4 is 10.0 Å². The Balaban J connectivity index is 1.70. The van der Waals surface area contributed by atoms with Crippen molar-refractivity contribution in [1.82, 2.24) is 5.32 Å². The van der Waals surface area contributed by atoms with Crippen molar-refractivity contribution in [2.75, 3.05) is 11.3 Å². The van der Waals surface area contributed by atoms with Crippen molar-refractivity contribution in [3.8, 4) is 0 Å². The van der Waals surface area contributed by atoms with Gasteiger partial charge in [-0.3, -0.25) is 9.52 Å². The Morgan fingerprint density at radius 2 is 1.75 bits per heavy atom. The number of hydrogen-bond donors (Lipinski definition) is 2. The molecule has 0 heterocycles. The zero-order valence-electron chi connectivity index (χ0n) is 16.0. The summed E-state index contributed by atoms with van der Waals surface area (Å²) in [5.41, 5.74) is 0.673. The summed E-state index contributed by atoms with van der Waals surface area (Å²) >= 11 is 0. The van der Waals surface area contributed by atoms with Crippen LogP contribution in [0, 0.1) is 11.7 Å². The lowest BCUT2D eigenvalue weighted by molar-refractivity contribution is -0.123. The monoisotopic (exact) mass is 404 g/mol. The van der Waals surface area contributed by atoms with Gasteiger partial charge in [-0.05, 0) is 55.0 Å². The molecule has 1 fully saturated rings. The lowest BCUT2D eigenvalue weighted by Crippen LogP contribution is -2.35. The van der Waals surface area contributed by atoms with Crippen LogP contribution in [0.5, 0.6) is 0 Å². The maximum atomic E-state index is 13.8. The van der Waals surface area contributed by atoms with Crippen LogP contribution in [-0.2, 0) is 20.2 Å². The molecule has 5 nitrogen and oxygen atoms in total. The number of nitrogens with one attached hydrogen (secondary N) is 2. The molecule has 1 saturated carbocycles. The third-order valence-electron chi connectivity index (χ3n) is 5.01. The van der Waals surface area contributed by atoms with E-state index < -0.39 is 26.2 Å². The van der Waals surface area contributed by atoms with Gasteiger partial charge in [-0.2, -0.15) is 0 Å². The number of rotatable bonds is 8. The predicted molar refractivity (Wildman–Crippen MR) is 107 cm³/mol. The van der Waals surface area contributed by atoms with E-state index in [0.717, 1.165) is 30.9 Å². The van der Waals surface area contributed by atoms with E-state index in [0.29, 0.717) is 18.2 Å². The van der Waals surface area contributed by atoms with Crippen molar-refractivity contribution in [3.63, 3.8) is 0 Å². The molecule has 0 radical (unpaired) electrons. The van der Waals surface area contributed by atoms with Crippen LogP contribution in [0.25, 0.3) is 0 Å². The van der Waals surface area contributed by atoms with Crippen molar-refractivity contribution in [2.45, 2.75) is 43.4 Å². The van der Waals surface area contributed by atoms with E-state index in [2.05, 4.69) is 23.9 Å². The first-order valence-electron chi connectivity index (χ1n) is 9.41. The number of carbonyl (C=O) groups is 1. The Hall–Kier alpha value is -2.41. The van der Waals surface area contributed by atoms with Gasteiger partial charge in [0.05, 0.1) is 5.41 Å². The minimum absolute atomic E-state index is 0.0211. The SMILES string of the molecule is CC(C)CCNC(=O)C1(c2ccc(NS(=O)(=O)c3ccccc3F)cc2)CC1. The normalized spacial score (nSPS) is 15.3. The third-order valence-corrected chi connectivity index (χ3v) is 6.42. The Morgan fingerprint density at radius 3 is 2.32 bits per heavy atom. The highest BCUT2D eigenvalue weighted by atomic mass is 32.2. The molecule has 0 bridgehead atoms. The molecule has 3 rings (SSSR count). The van der Waals surface area contributed by atoms with Crippen LogP contribution in [0.2, 0.25) is 0 Å². The van der Waals surface area contributed by atoms with Crippen LogP contribution in [-0.4, -0.2) is 20.9 Å². The van der Waals surface area contributed by atoms with Crippen molar-refractivity contribution in [1.29, 1.82) is 0 Å². The molecule has 0 unspecified atom stereocenters. The van der Waals surface area contributed by atoms with Crippen LogP contribution in [0.1, 0.15) is 38.7 Å². The minimum Gasteiger partial charge on any atom is -0.355 e. The molecule has 28 heavy (non-hydrogen) atoms. The van der Waals surface area contributed by atoms with E-state index >= 15 is 0 Å². The number of anilines is 1. The van der Waals surface area contributed by atoms with E-state index in [9.17, 15) is 17.6 Å². The zero-order valence-corrected chi connectivity index (χ0v) is 16.9. The summed E-state index contributed by atoms with van der Waals surface area (Å²) in [5.74, 6) is -0.258. The van der Waals surface area contributed by atoms with E-state index in [1.807, 2.05) is 0 Å². The smallest absolute Gasteiger partial charge is 0.264 e. The minimum atomic E-state index is -4.02. The van der Waals surface area contributed by atoms with Crippen LogP contribution in [0.4, 0.5) is 10.1 Å². The summed E-state index contributed by atoms with van der Waals surface area (Å²) < 4.78 is 40.9. The summed E-state index contributed by atoms with van der Waals surface area (Å²) in [5, 5.41) is 3.00. The lowest BCUT2D eigenvalue weighted by atomic mass is 9.94. The van der Waals surface area contributed by atoms with Gasteiger partial charge in [0.25, 0.3) is 10.0 Å². The number of carbonyl (C=O) groups excluding carboxylic acids is 1. The maximum absolute atomic E-state index is 13.8. The molecular formula is C21H25FN2O3S. The molecule has 1 aliphatic rings. The average molecular weight is 405 g/mol. The predicted octanol–water partition coefficient (Wildman–Crippen LogP) is 3.82. The van der Waals surface area contributed by atoms with Gasteiger partial charge in [-0.25, -0.2) is 12.8 Å². The van der Waals surface area contributed by atoms with Crippen molar-refractivity contribution < 1.29 is 17.6 Å². The first-order chi connectivity index (χ1) is 13.2. The van der Waals surface area contributed by atoms with Gasteiger partial charge in [-0.15, -0.1) is 0 Å². The van der Waals surface area contributed by atoms with Gasteiger partial charge < -0.3 is 5.32 Å². The molecule has 2 aromatic carbocycles. The molecule has 1 aliphatic carbocycles. The molecule has 0 atom stereocenters. The second kappa shape index (κ2) is 7.91. The Bertz CT molecular complexity index is 952. The summed E-state index contributed by atoms with van der Waals surface area (Å²) in [4.78, 5) is 12.2. The summed E-state index contributed by atoms with van der Waals surface area (Å²) in [6, 6.07) is 12.0. The molecule has 1 amide bonds. The molecule has 0 saturated heterocycles. The van der Waals surface area contributed by atoms with Gasteiger partial charge in [0.2, 0.25) is 5.91 Å². The fraction of sp³-hybridized carbons (Fsp3) is 0.381. The topological polar surface area (TPSA) is 75.3 Å². The summed E-state index contributed by atoms with van der Waals surface area (Å²) in [6.45, 7) is 4.87. The van der Waals surface area contributed by atoms with Gasteiger partial charge in [-0.1, -0.05) is 38.1 Å². The summed E-state index contributed by atoms with van der Waals surface area (Å²) in [7, 11) is -4.02. The van der Waals surface area contributed by atoms with Crippen molar-refractivity contribution in [2.24, 2.45) is 5.92 Å². The van der Waals surface area contributed by atoms with Crippen molar-refractivity contribution in [3.05, 3.63) is 59.9 Å². The van der Waals surface area contributed by atoms with Crippen molar-refractivity contribution >= 4 is 21.6 Å². The van der Waals surface area contributed by atoms with Crippen LogP contribution >= 0.6 is 0 Å². The van der Waals surface area contributed by atoms with Gasteiger partial charge in [0.15, 0.2) is 0 Å². The number of benzene rings is 2. The average Bonchev–Trinajstić information content (AvgIpc) is 3.44. The van der Waals surface area contributed by atoms with E-state index in [-0.39, 0.29) is 5.91 Å². The highest BCUT2D eigenvalue weighted by Gasteiger charge is 2.51. The van der Waals surface area contributed by atoms with Gasteiger partial charge >= 0.3 is 0 Å². The zero-order chi connectivity index (χ0) is 20.4. The Morgan fingerprint density at radius 1 is 1.11 bits per heavy atom. The second-order valence-corrected chi connectivity index (χ2v) is 9.28. The lowest BCUT2D eigenvalue weighted by Gasteiger charge is -2.17. The number of sulfonamides is 1. The number of amides is 1. The fourth-order valence-electron chi connectivity index (χ4n) is 3.15. The molecule has 2 aromatic rings. The fourth-order valence-corrected chi connectivity index (χ4v) is 4.28. The maximum Gasteiger partial charge on any atom is 0.264 e. The van der Waals surface area contributed by atoms with Crippen LogP contribution in [0.3, 0.4) is 0 Å². The molecular weight excluding hydrogens is 379 g/mol. The van der Waals surface area contributed by atoms with Gasteiger partial charge in [0.1, 0.15) is 10.7 Å². The first kappa shape index (κ1) is 20.3. The van der Waals surface area contributed by atoms with E-state index in [1.54, 1.807) is 24.3 Å². The third kappa shape index (κ3) is 4.35. The molecule has 7 heteroatoms. The number of hydrogen-bond acceptors (Lipinski definition) is 3. The molecule has 0 aliphatic heterocycles. The highest BCUT2D eigenvalue weighted by molar-refractivity contribution is 7.92. The quantitative estimate of drug-likeness (QED) is 0.702. The van der Waals surface area contributed by atoms with E-state index in [4.69, 9.17) is 0 Å². The Labute approximate surface area is 165 Å². The first-order valence-corrected chi connectivity index (χ1v) is 10.9.